The van der Waals surface area contributed by atoms with Gasteiger partial charge in [-0.25, -0.2) is 4.99 Å². The molecule has 60 heavy (non-hydrogen) atoms. The summed E-state index contributed by atoms with van der Waals surface area (Å²) < 4.78 is 6.84. The van der Waals surface area contributed by atoms with Crippen LogP contribution in [-0.2, 0) is 0 Å². The number of para-hydroxylation sites is 1. The summed E-state index contributed by atoms with van der Waals surface area (Å²) in [4.78, 5) is 12.1. The van der Waals surface area contributed by atoms with Gasteiger partial charge in [0.25, 0.3) is 0 Å². The van der Waals surface area contributed by atoms with Gasteiger partial charge in [-0.3, -0.25) is 4.99 Å². The number of benzene rings is 5. The quantitative estimate of drug-likeness (QED) is 0.121. The van der Waals surface area contributed by atoms with Gasteiger partial charge >= 0.3 is 0 Å². The summed E-state index contributed by atoms with van der Waals surface area (Å²) in [6.45, 7) is 4.67. The predicted octanol–water partition coefficient (Wildman–Crippen LogP) is 15.0. The van der Waals surface area contributed by atoms with Crippen LogP contribution in [0.4, 0.5) is 0 Å². The minimum Gasteiger partial charge on any atom is -0.455 e. The van der Waals surface area contributed by atoms with Gasteiger partial charge in [-0.05, 0) is 95.9 Å². The topological polar surface area (TPSA) is 37.9 Å². The lowest BCUT2D eigenvalue weighted by Gasteiger charge is -2.37. The number of furan rings is 1. The van der Waals surface area contributed by atoms with E-state index in [1.165, 1.54) is 40.7 Å². The standard InChI is InChI=1S/C56H52N2OS/c1-3-37-35-50(57-56(42-20-11-6-12-21-42)58-54(37)41-27-25-39(26-28-41)38-16-7-4-8-17-38)47-24-14-23-46-48-33-43(29-31-51(48)59-55(46)47)44-30-32-52(60)49(34-44)53-36(2)15-13-22-45(53)40-18-9-5-10-19-40/h4-9,11-17,20-33,36-37,40,44,53-54,60H,3,10,18-19,34-35H2,1-2H3. The number of rotatable bonds is 8. The molecule has 0 amide bonds. The van der Waals surface area contributed by atoms with Crippen LogP contribution in [0.3, 0.4) is 0 Å². The van der Waals surface area contributed by atoms with Crippen LogP contribution in [0.25, 0.3) is 33.1 Å². The molecule has 1 aliphatic heterocycles. The molecule has 4 aliphatic rings. The Hall–Kier alpha value is -5.71. The van der Waals surface area contributed by atoms with E-state index in [0.717, 1.165) is 75.2 Å². The van der Waals surface area contributed by atoms with E-state index in [2.05, 4.69) is 178 Å². The Morgan fingerprint density at radius 3 is 2.28 bits per heavy atom. The van der Waals surface area contributed by atoms with Crippen LogP contribution in [0.1, 0.15) is 86.6 Å². The van der Waals surface area contributed by atoms with Gasteiger partial charge in [-0.15, -0.1) is 12.6 Å². The van der Waals surface area contributed by atoms with E-state index in [-0.39, 0.29) is 17.9 Å². The number of hydrogen-bond donors (Lipinski definition) is 1. The molecule has 0 saturated heterocycles. The highest BCUT2D eigenvalue weighted by Gasteiger charge is 2.34. The number of allylic oxidation sites excluding steroid dienone is 9. The first-order chi connectivity index (χ1) is 29.5. The lowest BCUT2D eigenvalue weighted by molar-refractivity contribution is 0.431. The maximum atomic E-state index is 6.84. The van der Waals surface area contributed by atoms with Gasteiger partial charge in [0.2, 0.25) is 0 Å². The number of thiol groups is 1. The number of hydrogen-bond acceptors (Lipinski definition) is 4. The molecule has 0 bridgehead atoms. The number of aliphatic imine (C=N–C) groups is 2. The summed E-state index contributed by atoms with van der Waals surface area (Å²) in [5.74, 6) is 2.72. The van der Waals surface area contributed by atoms with Crippen molar-refractivity contribution in [3.63, 3.8) is 0 Å². The van der Waals surface area contributed by atoms with Crippen LogP contribution in [0, 0.1) is 23.7 Å². The molecule has 0 spiro atoms. The van der Waals surface area contributed by atoms with Crippen LogP contribution in [0.2, 0.25) is 0 Å². The van der Waals surface area contributed by atoms with Crippen molar-refractivity contribution in [3.05, 3.63) is 202 Å². The highest BCUT2D eigenvalue weighted by Crippen LogP contribution is 2.47. The molecule has 2 heterocycles. The maximum Gasteiger partial charge on any atom is 0.155 e. The Balaban J connectivity index is 0.984. The van der Waals surface area contributed by atoms with Gasteiger partial charge in [-0.1, -0.05) is 172 Å². The van der Waals surface area contributed by atoms with Crippen molar-refractivity contribution < 1.29 is 4.42 Å². The van der Waals surface area contributed by atoms with Gasteiger partial charge in [0.05, 0.1) is 11.8 Å². The van der Waals surface area contributed by atoms with Gasteiger partial charge in [0, 0.05) is 38.6 Å². The average molecular weight is 801 g/mol. The van der Waals surface area contributed by atoms with Crippen molar-refractivity contribution in [1.82, 2.24) is 0 Å². The summed E-state index contributed by atoms with van der Waals surface area (Å²) in [7, 11) is 0. The number of nitrogens with zero attached hydrogens (tertiary/aromatic N) is 2. The summed E-state index contributed by atoms with van der Waals surface area (Å²) >= 11 is 5.11. The Bertz CT molecular complexity index is 2760. The van der Waals surface area contributed by atoms with Gasteiger partial charge < -0.3 is 4.42 Å². The van der Waals surface area contributed by atoms with Crippen LogP contribution < -0.4 is 0 Å². The summed E-state index contributed by atoms with van der Waals surface area (Å²) in [6, 6.07) is 43.4. The predicted molar refractivity (Wildman–Crippen MR) is 255 cm³/mol. The first-order valence-electron chi connectivity index (χ1n) is 22.0. The average Bonchev–Trinajstić information content (AvgIpc) is 3.57. The minimum atomic E-state index is -0.0346. The van der Waals surface area contributed by atoms with Crippen molar-refractivity contribution >= 4 is 46.1 Å². The fraction of sp³-hybridized carbons (Fsp3) is 0.250. The van der Waals surface area contributed by atoms with Crippen LogP contribution in [-0.4, -0.2) is 11.5 Å². The fourth-order valence-corrected chi connectivity index (χ4v) is 10.6. The second-order valence-electron chi connectivity index (χ2n) is 17.2. The molecule has 10 rings (SSSR count). The van der Waals surface area contributed by atoms with Crippen molar-refractivity contribution in [2.75, 3.05) is 0 Å². The van der Waals surface area contributed by atoms with E-state index < -0.39 is 0 Å². The first-order valence-corrected chi connectivity index (χ1v) is 22.4. The van der Waals surface area contributed by atoms with Gasteiger partial charge in [-0.2, -0.15) is 0 Å². The molecule has 6 aromatic rings. The highest BCUT2D eigenvalue weighted by atomic mass is 32.1. The molecule has 0 radical (unpaired) electrons. The zero-order valence-corrected chi connectivity index (χ0v) is 35.4. The SMILES string of the molecule is CCC1CC(c2cccc3c2oc2ccc(C4C=CC(S)=C(C5C(C6CC=CCC6)=CC=CC5C)C4)cc23)=NC(c2ccccc2)=NC1c1ccc(-c2ccccc2)cc1. The van der Waals surface area contributed by atoms with E-state index in [1.54, 1.807) is 5.57 Å². The van der Waals surface area contributed by atoms with E-state index in [1.807, 2.05) is 0 Å². The molecule has 4 heteroatoms. The smallest absolute Gasteiger partial charge is 0.155 e. The second-order valence-corrected chi connectivity index (χ2v) is 17.7. The van der Waals surface area contributed by atoms with Crippen molar-refractivity contribution in [2.45, 2.75) is 64.3 Å². The van der Waals surface area contributed by atoms with Gasteiger partial charge in [0.15, 0.2) is 5.84 Å². The molecule has 298 valence electrons. The lowest BCUT2D eigenvalue weighted by atomic mass is 9.68. The molecule has 5 aromatic carbocycles. The molecule has 6 unspecified atom stereocenters. The van der Waals surface area contributed by atoms with E-state index in [0.29, 0.717) is 17.8 Å². The molecular weight excluding hydrogens is 749 g/mol. The molecule has 3 nitrogen and oxygen atoms in total. The van der Waals surface area contributed by atoms with Gasteiger partial charge in [0.1, 0.15) is 11.2 Å². The van der Waals surface area contributed by atoms with E-state index in [4.69, 9.17) is 27.0 Å². The third-order valence-corrected chi connectivity index (χ3v) is 14.0. The molecule has 1 aromatic heterocycles. The van der Waals surface area contributed by atoms with Crippen LogP contribution in [0.5, 0.6) is 0 Å². The Morgan fingerprint density at radius 1 is 0.750 bits per heavy atom. The molecule has 0 N–H and O–H groups in total. The lowest BCUT2D eigenvalue weighted by Crippen LogP contribution is -2.25. The molecule has 0 saturated carbocycles. The molecular formula is C56H52N2OS. The van der Waals surface area contributed by atoms with E-state index in [9.17, 15) is 0 Å². The zero-order chi connectivity index (χ0) is 40.6. The number of fused-ring (bicyclic) bond motifs is 3. The monoisotopic (exact) mass is 800 g/mol. The Labute approximate surface area is 360 Å². The van der Waals surface area contributed by atoms with Crippen molar-refractivity contribution in [1.29, 1.82) is 0 Å². The molecule has 6 atom stereocenters. The van der Waals surface area contributed by atoms with Crippen LogP contribution in [0.15, 0.2) is 194 Å². The Kier molecular flexibility index (Phi) is 10.7. The summed E-state index contributed by atoms with van der Waals surface area (Å²) in [5, 5.41) is 2.28. The Morgan fingerprint density at radius 2 is 1.52 bits per heavy atom. The fourth-order valence-electron chi connectivity index (χ4n) is 10.3. The second kappa shape index (κ2) is 16.7. The first kappa shape index (κ1) is 38.5. The molecule has 3 aliphatic carbocycles. The molecule has 0 fully saturated rings. The summed E-state index contributed by atoms with van der Waals surface area (Å²) in [6.07, 6.45) is 22.7. The maximum absolute atomic E-state index is 6.84. The third-order valence-electron chi connectivity index (χ3n) is 13.5. The van der Waals surface area contributed by atoms with Crippen LogP contribution >= 0.6 is 12.6 Å². The minimum absolute atomic E-state index is 0.0346. The largest absolute Gasteiger partial charge is 0.455 e. The van der Waals surface area contributed by atoms with Crippen molar-refractivity contribution in [2.24, 2.45) is 33.7 Å². The highest BCUT2D eigenvalue weighted by molar-refractivity contribution is 7.84. The number of amidine groups is 1. The zero-order valence-electron chi connectivity index (χ0n) is 34.5. The van der Waals surface area contributed by atoms with E-state index >= 15 is 0 Å². The van der Waals surface area contributed by atoms with Crippen molar-refractivity contribution in [3.8, 4) is 11.1 Å². The third kappa shape index (κ3) is 7.41. The summed E-state index contributed by atoms with van der Waals surface area (Å²) in [5.41, 5.74) is 12.9. The normalized spacial score (nSPS) is 24.4.